The van der Waals surface area contributed by atoms with E-state index in [9.17, 15) is 10.1 Å². The van der Waals surface area contributed by atoms with E-state index in [1.807, 2.05) is 19.9 Å². The number of anilines is 1. The van der Waals surface area contributed by atoms with Crippen LogP contribution in [0, 0.1) is 23.0 Å². The van der Waals surface area contributed by atoms with Crippen LogP contribution >= 0.6 is 0 Å². The molecule has 2 N–H and O–H groups in total. The molecule has 1 aromatic carbocycles. The zero-order valence-corrected chi connectivity index (χ0v) is 10.8. The van der Waals surface area contributed by atoms with Crippen LogP contribution in [0.15, 0.2) is 18.2 Å². The highest BCUT2D eigenvalue weighted by Gasteiger charge is 2.16. The lowest BCUT2D eigenvalue weighted by atomic mass is 10.0. The molecular weight excluding hydrogens is 232 g/mol. The number of nitrogens with zero attached hydrogens (tertiary/aromatic N) is 1. The second-order valence-electron chi connectivity index (χ2n) is 4.39. The van der Waals surface area contributed by atoms with Crippen LogP contribution in [0.3, 0.4) is 0 Å². The molecule has 0 bridgehead atoms. The van der Waals surface area contributed by atoms with Gasteiger partial charge in [-0.25, -0.2) is 0 Å². The molecule has 0 radical (unpaired) electrons. The summed E-state index contributed by atoms with van der Waals surface area (Å²) in [5, 5.41) is 23.0. The molecule has 0 saturated heterocycles. The van der Waals surface area contributed by atoms with E-state index in [1.54, 1.807) is 6.07 Å². The smallest absolute Gasteiger partial charge is 0.292 e. The Balaban J connectivity index is 2.80. The van der Waals surface area contributed by atoms with Crippen molar-refractivity contribution < 1.29 is 10.0 Å². The molecular formula is C13H20N2O3. The molecule has 5 nitrogen and oxygen atoms in total. The molecule has 0 fully saturated rings. The summed E-state index contributed by atoms with van der Waals surface area (Å²) < 4.78 is 0. The van der Waals surface area contributed by atoms with E-state index < -0.39 is 0 Å². The monoisotopic (exact) mass is 252 g/mol. The Bertz CT molecular complexity index is 407. The zero-order chi connectivity index (χ0) is 13.5. The second kappa shape index (κ2) is 6.96. The summed E-state index contributed by atoms with van der Waals surface area (Å²) in [6, 6.07) is 5.04. The quantitative estimate of drug-likeness (QED) is 0.578. The molecule has 1 rings (SSSR count). The molecule has 1 unspecified atom stereocenters. The first kappa shape index (κ1) is 14.4. The van der Waals surface area contributed by atoms with Gasteiger partial charge >= 0.3 is 0 Å². The first-order valence-corrected chi connectivity index (χ1v) is 6.18. The van der Waals surface area contributed by atoms with Crippen molar-refractivity contribution in [2.75, 3.05) is 18.5 Å². The van der Waals surface area contributed by atoms with Crippen LogP contribution in [0.25, 0.3) is 0 Å². The van der Waals surface area contributed by atoms with E-state index in [1.165, 1.54) is 6.07 Å². The van der Waals surface area contributed by atoms with Crippen LogP contribution in [0.1, 0.15) is 25.3 Å². The van der Waals surface area contributed by atoms with Crippen molar-refractivity contribution in [3.63, 3.8) is 0 Å². The summed E-state index contributed by atoms with van der Waals surface area (Å²) >= 11 is 0. The van der Waals surface area contributed by atoms with Gasteiger partial charge in [0.25, 0.3) is 5.69 Å². The summed E-state index contributed by atoms with van der Waals surface area (Å²) in [7, 11) is 0. The molecule has 100 valence electrons. The molecule has 1 aromatic rings. The van der Waals surface area contributed by atoms with Gasteiger partial charge in [0.05, 0.1) is 4.92 Å². The third kappa shape index (κ3) is 3.70. The van der Waals surface area contributed by atoms with Crippen molar-refractivity contribution in [2.45, 2.75) is 26.7 Å². The van der Waals surface area contributed by atoms with E-state index in [2.05, 4.69) is 5.32 Å². The first-order valence-electron chi connectivity index (χ1n) is 6.18. The van der Waals surface area contributed by atoms with Crippen molar-refractivity contribution in [3.8, 4) is 0 Å². The molecule has 0 saturated carbocycles. The van der Waals surface area contributed by atoms with Gasteiger partial charge in [0.2, 0.25) is 0 Å². The number of rotatable bonds is 7. The first-order chi connectivity index (χ1) is 8.60. The van der Waals surface area contributed by atoms with Crippen LogP contribution < -0.4 is 5.32 Å². The Hall–Kier alpha value is -1.62. The van der Waals surface area contributed by atoms with Gasteiger partial charge in [-0.05, 0) is 24.8 Å². The Kier molecular flexibility index (Phi) is 5.58. The number of benzene rings is 1. The molecule has 0 amide bonds. The molecule has 1 atom stereocenters. The van der Waals surface area contributed by atoms with Gasteiger partial charge in [0.15, 0.2) is 0 Å². The van der Waals surface area contributed by atoms with Gasteiger partial charge in [-0.2, -0.15) is 0 Å². The van der Waals surface area contributed by atoms with Gasteiger partial charge in [-0.3, -0.25) is 10.1 Å². The third-order valence-corrected chi connectivity index (χ3v) is 3.13. The predicted molar refractivity (Wildman–Crippen MR) is 71.8 cm³/mol. The minimum Gasteiger partial charge on any atom is -0.396 e. The van der Waals surface area contributed by atoms with Crippen molar-refractivity contribution in [1.82, 2.24) is 0 Å². The minimum absolute atomic E-state index is 0.105. The SMILES string of the molecule is CCC(CCO)CNc1c(C)cccc1[N+](=O)[O-]. The molecule has 0 aliphatic rings. The molecule has 0 spiro atoms. The van der Waals surface area contributed by atoms with Gasteiger partial charge in [-0.1, -0.05) is 25.5 Å². The van der Waals surface area contributed by atoms with Crippen molar-refractivity contribution in [3.05, 3.63) is 33.9 Å². The predicted octanol–water partition coefficient (Wildman–Crippen LogP) is 2.72. The maximum atomic E-state index is 10.9. The lowest BCUT2D eigenvalue weighted by molar-refractivity contribution is -0.384. The van der Waals surface area contributed by atoms with Crippen LogP contribution in [-0.4, -0.2) is 23.2 Å². The topological polar surface area (TPSA) is 75.4 Å². The Labute approximate surface area is 107 Å². The summed E-state index contributed by atoms with van der Waals surface area (Å²) in [6.45, 7) is 4.69. The molecule has 0 heterocycles. The minimum atomic E-state index is -0.373. The number of aryl methyl sites for hydroxylation is 1. The number of nitro benzene ring substituents is 1. The molecule has 5 heteroatoms. The van der Waals surface area contributed by atoms with Gasteiger partial charge in [0, 0.05) is 19.2 Å². The third-order valence-electron chi connectivity index (χ3n) is 3.13. The number of para-hydroxylation sites is 1. The summed E-state index contributed by atoms with van der Waals surface area (Å²) in [5.41, 5.74) is 1.55. The number of hydrogen-bond acceptors (Lipinski definition) is 4. The maximum Gasteiger partial charge on any atom is 0.292 e. The van der Waals surface area contributed by atoms with E-state index >= 15 is 0 Å². The van der Waals surface area contributed by atoms with Crippen LogP contribution in [0.5, 0.6) is 0 Å². The zero-order valence-electron chi connectivity index (χ0n) is 10.8. The molecule has 0 aromatic heterocycles. The van der Waals surface area contributed by atoms with Crippen LogP contribution in [-0.2, 0) is 0 Å². The number of hydrogen-bond donors (Lipinski definition) is 2. The number of aliphatic hydroxyl groups is 1. The average Bonchev–Trinajstić information content (AvgIpc) is 2.35. The summed E-state index contributed by atoms with van der Waals surface area (Å²) in [4.78, 5) is 10.6. The number of nitro groups is 1. The Morgan fingerprint density at radius 3 is 2.78 bits per heavy atom. The number of aliphatic hydroxyl groups excluding tert-OH is 1. The Morgan fingerprint density at radius 1 is 1.50 bits per heavy atom. The molecule has 0 aliphatic heterocycles. The highest BCUT2D eigenvalue weighted by Crippen LogP contribution is 2.28. The van der Waals surface area contributed by atoms with E-state index in [-0.39, 0.29) is 17.2 Å². The fraction of sp³-hybridized carbons (Fsp3) is 0.538. The van der Waals surface area contributed by atoms with Crippen LogP contribution in [0.4, 0.5) is 11.4 Å². The highest BCUT2D eigenvalue weighted by molar-refractivity contribution is 5.65. The van der Waals surface area contributed by atoms with Gasteiger partial charge in [0.1, 0.15) is 5.69 Å². The van der Waals surface area contributed by atoms with Crippen molar-refractivity contribution in [1.29, 1.82) is 0 Å². The fourth-order valence-electron chi connectivity index (χ4n) is 1.91. The van der Waals surface area contributed by atoms with E-state index in [0.717, 1.165) is 12.0 Å². The van der Waals surface area contributed by atoms with Gasteiger partial charge < -0.3 is 10.4 Å². The van der Waals surface area contributed by atoms with E-state index in [4.69, 9.17) is 5.11 Å². The molecule has 0 aliphatic carbocycles. The lowest BCUT2D eigenvalue weighted by Gasteiger charge is -2.16. The standard InChI is InChI=1S/C13H20N2O3/c1-3-11(7-8-16)9-14-13-10(2)5-4-6-12(13)15(17)18/h4-6,11,14,16H,3,7-9H2,1-2H3. The van der Waals surface area contributed by atoms with E-state index in [0.29, 0.717) is 24.6 Å². The molecule has 18 heavy (non-hydrogen) atoms. The largest absolute Gasteiger partial charge is 0.396 e. The van der Waals surface area contributed by atoms with Gasteiger partial charge in [-0.15, -0.1) is 0 Å². The fourth-order valence-corrected chi connectivity index (χ4v) is 1.91. The van der Waals surface area contributed by atoms with Crippen LogP contribution in [0.2, 0.25) is 0 Å². The maximum absolute atomic E-state index is 10.9. The summed E-state index contributed by atoms with van der Waals surface area (Å²) in [6.07, 6.45) is 1.65. The lowest BCUT2D eigenvalue weighted by Crippen LogP contribution is -2.16. The number of nitrogens with one attached hydrogen (secondary N) is 1. The van der Waals surface area contributed by atoms with Crippen molar-refractivity contribution in [2.24, 2.45) is 5.92 Å². The average molecular weight is 252 g/mol. The Morgan fingerprint density at radius 2 is 2.22 bits per heavy atom. The highest BCUT2D eigenvalue weighted by atomic mass is 16.6. The normalized spacial score (nSPS) is 12.2. The second-order valence-corrected chi connectivity index (χ2v) is 4.39. The summed E-state index contributed by atoms with van der Waals surface area (Å²) in [5.74, 6) is 0.328. The van der Waals surface area contributed by atoms with Crippen molar-refractivity contribution >= 4 is 11.4 Å².